The number of H-pyrrole nitrogens is 2. The number of rotatable bonds is 11. The molecule has 3 aromatic carbocycles. The zero-order valence-corrected chi connectivity index (χ0v) is 24.1. The second kappa shape index (κ2) is 12.3. The standard InChI is InChI=1S/C35H32N8O/c44-35(32-22-36-17-18-37-32)40-31(19-26-21-39-30-15-7-5-13-28(26)30)34-42-41-33(43(34)23-24-9-2-1-3-10-24)16-8-11-25-20-38-29-14-6-4-12-27(25)29/h1-7,9-10,12-15,17-18,20-22,31,38-39H,8,11,16,19,23H2,(H,40,44)/t31-/m1/s1. The predicted octanol–water partition coefficient (Wildman–Crippen LogP) is 5.97. The van der Waals surface area contributed by atoms with Gasteiger partial charge in [0.2, 0.25) is 0 Å². The van der Waals surface area contributed by atoms with E-state index < -0.39 is 6.04 Å². The molecule has 0 bridgehead atoms. The molecule has 4 heterocycles. The Morgan fingerprint density at radius 3 is 2.25 bits per heavy atom. The minimum Gasteiger partial charge on any atom is -0.361 e. The predicted molar refractivity (Wildman–Crippen MR) is 170 cm³/mol. The molecule has 0 aliphatic rings. The highest BCUT2D eigenvalue weighted by atomic mass is 16.2. The van der Waals surface area contributed by atoms with Crippen LogP contribution in [0.2, 0.25) is 0 Å². The van der Waals surface area contributed by atoms with E-state index in [-0.39, 0.29) is 11.6 Å². The molecule has 3 N–H and O–H groups in total. The number of aromatic amines is 2. The number of hydrogen-bond acceptors (Lipinski definition) is 5. The van der Waals surface area contributed by atoms with Crippen LogP contribution in [0, 0.1) is 0 Å². The second-order valence-electron chi connectivity index (χ2n) is 10.9. The van der Waals surface area contributed by atoms with Crippen molar-refractivity contribution in [2.45, 2.75) is 38.3 Å². The van der Waals surface area contributed by atoms with Gasteiger partial charge in [0.05, 0.1) is 18.8 Å². The Balaban J connectivity index is 1.22. The third-order valence-electron chi connectivity index (χ3n) is 8.07. The lowest BCUT2D eigenvalue weighted by Crippen LogP contribution is -2.33. The first kappa shape index (κ1) is 27.3. The number of aryl methyl sites for hydroxylation is 2. The maximum Gasteiger partial charge on any atom is 0.272 e. The second-order valence-corrected chi connectivity index (χ2v) is 10.9. The lowest BCUT2D eigenvalue weighted by Gasteiger charge is -2.20. The van der Waals surface area contributed by atoms with Gasteiger partial charge < -0.3 is 19.9 Å². The average molecular weight is 581 g/mol. The molecule has 9 nitrogen and oxygen atoms in total. The van der Waals surface area contributed by atoms with E-state index in [0.29, 0.717) is 18.8 Å². The number of nitrogens with one attached hydrogen (secondary N) is 3. The van der Waals surface area contributed by atoms with E-state index in [2.05, 4.69) is 78.5 Å². The molecule has 0 unspecified atom stereocenters. The van der Waals surface area contributed by atoms with Gasteiger partial charge >= 0.3 is 0 Å². The molecule has 0 radical (unpaired) electrons. The Bertz CT molecular complexity index is 2010. The number of aromatic nitrogens is 7. The van der Waals surface area contributed by atoms with E-state index in [1.54, 1.807) is 6.20 Å². The number of para-hydroxylation sites is 2. The summed E-state index contributed by atoms with van der Waals surface area (Å²) in [5.41, 5.74) is 5.96. The first-order valence-electron chi connectivity index (χ1n) is 14.9. The number of nitrogens with zero attached hydrogens (tertiary/aromatic N) is 5. The van der Waals surface area contributed by atoms with Crippen LogP contribution >= 0.6 is 0 Å². The molecule has 1 amide bonds. The minimum absolute atomic E-state index is 0.254. The van der Waals surface area contributed by atoms with Crippen LogP contribution in [0.15, 0.2) is 110 Å². The molecule has 0 spiro atoms. The highest BCUT2D eigenvalue weighted by molar-refractivity contribution is 5.92. The van der Waals surface area contributed by atoms with Crippen molar-refractivity contribution in [2.24, 2.45) is 0 Å². The van der Waals surface area contributed by atoms with Crippen LogP contribution in [0.5, 0.6) is 0 Å². The number of hydrogen-bond donors (Lipinski definition) is 3. The van der Waals surface area contributed by atoms with Gasteiger partial charge in [0.25, 0.3) is 5.91 Å². The zero-order chi connectivity index (χ0) is 29.7. The quantitative estimate of drug-likeness (QED) is 0.174. The van der Waals surface area contributed by atoms with Gasteiger partial charge in [-0.05, 0) is 41.7 Å². The summed E-state index contributed by atoms with van der Waals surface area (Å²) in [6, 6.07) is 26.4. The van der Waals surface area contributed by atoms with Crippen LogP contribution in [0.4, 0.5) is 0 Å². The summed E-state index contributed by atoms with van der Waals surface area (Å²) in [4.78, 5) is 28.5. The van der Waals surface area contributed by atoms with Crippen molar-refractivity contribution in [1.82, 2.24) is 40.0 Å². The van der Waals surface area contributed by atoms with Gasteiger partial charge in [0.1, 0.15) is 11.5 Å². The number of carbonyl (C=O) groups is 1. The Hall–Kier alpha value is -5.57. The Labute approximate surface area is 254 Å². The molecule has 7 aromatic rings. The summed E-state index contributed by atoms with van der Waals surface area (Å²) < 4.78 is 2.17. The highest BCUT2D eigenvalue weighted by Gasteiger charge is 2.26. The minimum atomic E-state index is -0.456. The number of benzene rings is 3. The van der Waals surface area contributed by atoms with Gasteiger partial charge in [-0.2, -0.15) is 0 Å². The van der Waals surface area contributed by atoms with Crippen LogP contribution in [0.1, 0.15) is 51.3 Å². The molecule has 0 fully saturated rings. The normalized spacial score (nSPS) is 12.1. The lowest BCUT2D eigenvalue weighted by atomic mass is 10.0. The molecule has 1 atom stereocenters. The smallest absolute Gasteiger partial charge is 0.272 e. The molecule has 9 heteroatoms. The summed E-state index contributed by atoms with van der Waals surface area (Å²) in [7, 11) is 0. The fourth-order valence-corrected chi connectivity index (χ4v) is 5.88. The van der Waals surface area contributed by atoms with Gasteiger partial charge in [-0.15, -0.1) is 10.2 Å². The molecule has 0 aliphatic carbocycles. The fraction of sp³-hybridized carbons (Fsp3) is 0.171. The van der Waals surface area contributed by atoms with Gasteiger partial charge in [0, 0.05) is 59.4 Å². The van der Waals surface area contributed by atoms with Crippen molar-refractivity contribution in [1.29, 1.82) is 0 Å². The summed E-state index contributed by atoms with van der Waals surface area (Å²) in [5.74, 6) is 1.29. The van der Waals surface area contributed by atoms with Gasteiger partial charge in [0.15, 0.2) is 5.82 Å². The van der Waals surface area contributed by atoms with E-state index in [1.165, 1.54) is 23.3 Å². The SMILES string of the molecule is O=C(N[C@H](Cc1c[nH]c2ccccc12)c1nnc(CCCc2c[nH]c3ccccc23)n1Cc1ccccc1)c1cnccn1. The van der Waals surface area contributed by atoms with Crippen LogP contribution < -0.4 is 5.32 Å². The van der Waals surface area contributed by atoms with Crippen LogP contribution in [0.3, 0.4) is 0 Å². The first-order valence-corrected chi connectivity index (χ1v) is 14.9. The molecular weight excluding hydrogens is 548 g/mol. The third kappa shape index (κ3) is 5.72. The van der Waals surface area contributed by atoms with Crippen LogP contribution in [0.25, 0.3) is 21.8 Å². The highest BCUT2D eigenvalue weighted by Crippen LogP contribution is 2.26. The molecule has 0 saturated heterocycles. The fourth-order valence-electron chi connectivity index (χ4n) is 5.88. The molecule has 44 heavy (non-hydrogen) atoms. The molecule has 0 aliphatic heterocycles. The monoisotopic (exact) mass is 580 g/mol. The summed E-state index contributed by atoms with van der Waals surface area (Å²) >= 11 is 0. The van der Waals surface area contributed by atoms with Gasteiger partial charge in [-0.3, -0.25) is 9.78 Å². The van der Waals surface area contributed by atoms with Crippen molar-refractivity contribution in [3.8, 4) is 0 Å². The maximum absolute atomic E-state index is 13.4. The average Bonchev–Trinajstić information content (AvgIpc) is 3.79. The van der Waals surface area contributed by atoms with Crippen molar-refractivity contribution in [3.05, 3.63) is 144 Å². The number of fused-ring (bicyclic) bond motifs is 2. The van der Waals surface area contributed by atoms with Crippen molar-refractivity contribution < 1.29 is 4.79 Å². The lowest BCUT2D eigenvalue weighted by molar-refractivity contribution is 0.0928. The topological polar surface area (TPSA) is 117 Å². The van der Waals surface area contributed by atoms with E-state index in [0.717, 1.165) is 52.6 Å². The zero-order valence-electron chi connectivity index (χ0n) is 24.1. The van der Waals surface area contributed by atoms with Gasteiger partial charge in [-0.25, -0.2) is 4.98 Å². The van der Waals surface area contributed by atoms with E-state index >= 15 is 0 Å². The Morgan fingerprint density at radius 2 is 1.50 bits per heavy atom. The summed E-state index contributed by atoms with van der Waals surface area (Å²) in [6.45, 7) is 0.594. The van der Waals surface area contributed by atoms with Crippen LogP contribution in [-0.4, -0.2) is 40.6 Å². The first-order chi connectivity index (χ1) is 21.7. The Morgan fingerprint density at radius 1 is 0.795 bits per heavy atom. The molecule has 218 valence electrons. The van der Waals surface area contributed by atoms with E-state index in [1.807, 2.05) is 42.6 Å². The Kier molecular flexibility index (Phi) is 7.65. The maximum atomic E-state index is 13.4. The largest absolute Gasteiger partial charge is 0.361 e. The van der Waals surface area contributed by atoms with Crippen molar-refractivity contribution in [2.75, 3.05) is 0 Å². The van der Waals surface area contributed by atoms with Crippen molar-refractivity contribution >= 4 is 27.7 Å². The number of amides is 1. The van der Waals surface area contributed by atoms with Crippen LogP contribution in [-0.2, 0) is 25.8 Å². The molecule has 4 aromatic heterocycles. The molecule has 0 saturated carbocycles. The summed E-state index contributed by atoms with van der Waals surface area (Å²) in [5, 5.41) is 15.0. The number of carbonyl (C=O) groups excluding carboxylic acids is 1. The van der Waals surface area contributed by atoms with Crippen molar-refractivity contribution in [3.63, 3.8) is 0 Å². The molecule has 7 rings (SSSR count). The van der Waals surface area contributed by atoms with E-state index in [4.69, 9.17) is 10.2 Å². The molecular formula is C35H32N8O. The van der Waals surface area contributed by atoms with Gasteiger partial charge in [-0.1, -0.05) is 66.7 Å². The summed E-state index contributed by atoms with van der Waals surface area (Å²) in [6.07, 6.45) is 11.8. The third-order valence-corrected chi connectivity index (χ3v) is 8.07. The van der Waals surface area contributed by atoms with E-state index in [9.17, 15) is 4.79 Å².